The molecule has 1 saturated heterocycles. The summed E-state index contributed by atoms with van der Waals surface area (Å²) in [6.07, 6.45) is 0.893. The highest BCUT2D eigenvalue weighted by Crippen LogP contribution is 2.32. The molecule has 9 heteroatoms. The van der Waals surface area contributed by atoms with Gasteiger partial charge in [-0.1, -0.05) is 0 Å². The predicted molar refractivity (Wildman–Crippen MR) is 79.0 cm³/mol. The number of nitro groups is 1. The van der Waals surface area contributed by atoms with Gasteiger partial charge in [0.2, 0.25) is 10.0 Å². The third-order valence-corrected chi connectivity index (χ3v) is 5.07. The first-order chi connectivity index (χ1) is 9.89. The van der Waals surface area contributed by atoms with Crippen LogP contribution in [0.5, 0.6) is 0 Å². The first kappa shape index (κ1) is 15.7. The van der Waals surface area contributed by atoms with Gasteiger partial charge in [-0.15, -0.1) is 0 Å². The molecular weight excluding hydrogens is 296 g/mol. The van der Waals surface area contributed by atoms with E-state index in [-0.39, 0.29) is 16.6 Å². The van der Waals surface area contributed by atoms with Gasteiger partial charge in [0.05, 0.1) is 9.82 Å². The third kappa shape index (κ3) is 3.14. The Kier molecular flexibility index (Phi) is 4.45. The van der Waals surface area contributed by atoms with Crippen LogP contribution in [-0.2, 0) is 10.0 Å². The zero-order valence-corrected chi connectivity index (χ0v) is 12.7. The van der Waals surface area contributed by atoms with Crippen LogP contribution >= 0.6 is 0 Å². The minimum absolute atomic E-state index is 0.107. The molecule has 1 heterocycles. The number of nitrogens with zero attached hydrogens (tertiary/aromatic N) is 2. The van der Waals surface area contributed by atoms with E-state index in [0.29, 0.717) is 18.8 Å². The highest BCUT2D eigenvalue weighted by Gasteiger charge is 2.28. The molecule has 21 heavy (non-hydrogen) atoms. The fraction of sp³-hybridized carbons (Fsp3) is 0.500. The largest absolute Gasteiger partial charge is 0.364 e. The minimum Gasteiger partial charge on any atom is -0.364 e. The molecule has 1 aromatic carbocycles. The van der Waals surface area contributed by atoms with Crippen LogP contribution in [0.25, 0.3) is 0 Å². The molecule has 0 spiro atoms. The molecule has 0 bridgehead atoms. The molecule has 1 aromatic rings. The number of sulfonamides is 1. The summed E-state index contributed by atoms with van der Waals surface area (Å²) in [6, 6.07) is 4.28. The molecule has 1 aliphatic heterocycles. The summed E-state index contributed by atoms with van der Waals surface area (Å²) in [7, 11) is -0.572. The normalized spacial score (nSPS) is 19.0. The summed E-state index contributed by atoms with van der Waals surface area (Å²) >= 11 is 0. The molecule has 2 rings (SSSR count). The van der Waals surface area contributed by atoms with E-state index in [1.165, 1.54) is 19.2 Å². The third-order valence-electron chi connectivity index (χ3n) is 3.66. The molecule has 1 unspecified atom stereocenters. The first-order valence-corrected chi connectivity index (χ1v) is 8.01. The van der Waals surface area contributed by atoms with E-state index in [1.807, 2.05) is 11.9 Å². The minimum atomic E-state index is -3.70. The second-order valence-electron chi connectivity index (χ2n) is 4.84. The molecule has 0 aromatic heterocycles. The number of likely N-dealkylation sites (N-methyl/N-ethyl adjacent to an activating group) is 1. The van der Waals surface area contributed by atoms with Gasteiger partial charge in [0, 0.05) is 25.2 Å². The van der Waals surface area contributed by atoms with Crippen LogP contribution in [0.15, 0.2) is 23.1 Å². The average Bonchev–Trinajstić information content (AvgIpc) is 2.95. The van der Waals surface area contributed by atoms with Crippen molar-refractivity contribution in [2.24, 2.45) is 0 Å². The van der Waals surface area contributed by atoms with E-state index >= 15 is 0 Å². The van der Waals surface area contributed by atoms with Crippen molar-refractivity contribution in [3.8, 4) is 0 Å². The lowest BCUT2D eigenvalue weighted by atomic mass is 10.2. The van der Waals surface area contributed by atoms with Gasteiger partial charge in [-0.05, 0) is 32.6 Å². The van der Waals surface area contributed by atoms with Crippen molar-refractivity contribution in [2.45, 2.75) is 17.4 Å². The van der Waals surface area contributed by atoms with Gasteiger partial charge in [-0.25, -0.2) is 13.1 Å². The van der Waals surface area contributed by atoms with Gasteiger partial charge >= 0.3 is 0 Å². The molecule has 8 nitrogen and oxygen atoms in total. The fourth-order valence-corrected chi connectivity index (χ4v) is 3.17. The second-order valence-corrected chi connectivity index (χ2v) is 6.72. The van der Waals surface area contributed by atoms with Crippen LogP contribution in [0.1, 0.15) is 6.42 Å². The lowest BCUT2D eigenvalue weighted by molar-refractivity contribution is -0.384. The zero-order valence-electron chi connectivity index (χ0n) is 11.9. The number of hydrogen-bond acceptors (Lipinski definition) is 6. The Morgan fingerprint density at radius 1 is 1.38 bits per heavy atom. The molecule has 116 valence electrons. The van der Waals surface area contributed by atoms with Crippen LogP contribution in [0, 0.1) is 10.1 Å². The number of rotatable bonds is 5. The number of hydrogen-bond donors (Lipinski definition) is 2. The van der Waals surface area contributed by atoms with Crippen LogP contribution in [-0.4, -0.2) is 46.6 Å². The number of nitro benzene ring substituents is 1. The van der Waals surface area contributed by atoms with E-state index in [4.69, 9.17) is 0 Å². The van der Waals surface area contributed by atoms with Crippen molar-refractivity contribution in [2.75, 3.05) is 32.1 Å². The van der Waals surface area contributed by atoms with E-state index in [0.717, 1.165) is 12.5 Å². The van der Waals surface area contributed by atoms with E-state index < -0.39 is 14.9 Å². The average molecular weight is 314 g/mol. The summed E-state index contributed by atoms with van der Waals surface area (Å²) in [5.41, 5.74) is 0.260. The smallest absolute Gasteiger partial charge is 0.293 e. The Morgan fingerprint density at radius 3 is 2.62 bits per heavy atom. The predicted octanol–water partition coefficient (Wildman–Crippen LogP) is 0.301. The van der Waals surface area contributed by atoms with Crippen molar-refractivity contribution in [1.29, 1.82) is 0 Å². The van der Waals surface area contributed by atoms with Gasteiger partial charge < -0.3 is 10.2 Å². The van der Waals surface area contributed by atoms with E-state index in [2.05, 4.69) is 10.0 Å². The molecule has 2 N–H and O–H groups in total. The summed E-state index contributed by atoms with van der Waals surface area (Å²) in [4.78, 5) is 12.5. The van der Waals surface area contributed by atoms with E-state index in [9.17, 15) is 18.5 Å². The Morgan fingerprint density at radius 2 is 2.10 bits per heavy atom. The van der Waals surface area contributed by atoms with Crippen LogP contribution in [0.2, 0.25) is 0 Å². The molecule has 0 amide bonds. The Balaban J connectivity index is 2.42. The second kappa shape index (κ2) is 5.96. The SMILES string of the molecule is CNC1CCN(c2ccc(S(=O)(=O)NC)cc2[N+](=O)[O-])C1. The topological polar surface area (TPSA) is 105 Å². The highest BCUT2D eigenvalue weighted by atomic mass is 32.2. The molecule has 0 saturated carbocycles. The Hall–Kier alpha value is -1.71. The summed E-state index contributed by atoms with van der Waals surface area (Å²) in [5.74, 6) is 0. The number of benzene rings is 1. The maximum Gasteiger partial charge on any atom is 0.293 e. The van der Waals surface area contributed by atoms with Crippen LogP contribution in [0.3, 0.4) is 0 Å². The maximum atomic E-state index is 11.7. The number of anilines is 1. The summed E-state index contributed by atoms with van der Waals surface area (Å²) in [6.45, 7) is 1.36. The molecule has 1 aliphatic rings. The van der Waals surface area contributed by atoms with E-state index in [1.54, 1.807) is 0 Å². The van der Waals surface area contributed by atoms with Crippen molar-refractivity contribution in [1.82, 2.24) is 10.0 Å². The van der Waals surface area contributed by atoms with Crippen molar-refractivity contribution >= 4 is 21.4 Å². The van der Waals surface area contributed by atoms with Crippen molar-refractivity contribution in [3.63, 3.8) is 0 Å². The van der Waals surface area contributed by atoms with Gasteiger partial charge in [0.15, 0.2) is 0 Å². The molecule has 0 radical (unpaired) electrons. The van der Waals surface area contributed by atoms with Gasteiger partial charge in [-0.3, -0.25) is 10.1 Å². The fourth-order valence-electron chi connectivity index (χ4n) is 2.42. The van der Waals surface area contributed by atoms with Crippen molar-refractivity contribution in [3.05, 3.63) is 28.3 Å². The van der Waals surface area contributed by atoms with Crippen LogP contribution < -0.4 is 14.9 Å². The quantitative estimate of drug-likeness (QED) is 0.598. The van der Waals surface area contributed by atoms with Gasteiger partial charge in [0.25, 0.3) is 5.69 Å². The molecular formula is C12H18N4O4S. The summed E-state index contributed by atoms with van der Waals surface area (Å²) < 4.78 is 25.7. The monoisotopic (exact) mass is 314 g/mol. The first-order valence-electron chi connectivity index (χ1n) is 6.53. The summed E-state index contributed by atoms with van der Waals surface area (Å²) in [5, 5.41) is 14.4. The Bertz CT molecular complexity index is 647. The Labute approximate surface area is 123 Å². The van der Waals surface area contributed by atoms with Gasteiger partial charge in [0.1, 0.15) is 5.69 Å². The lowest BCUT2D eigenvalue weighted by Crippen LogP contribution is -2.29. The van der Waals surface area contributed by atoms with Gasteiger partial charge in [-0.2, -0.15) is 0 Å². The standard InChI is InChI=1S/C12H18N4O4S/c1-13-9-5-6-15(8-9)11-4-3-10(21(19,20)14-2)7-12(11)16(17)18/h3-4,7,9,13-14H,5-6,8H2,1-2H3. The molecule has 1 fully saturated rings. The highest BCUT2D eigenvalue weighted by molar-refractivity contribution is 7.89. The zero-order chi connectivity index (χ0) is 15.6. The van der Waals surface area contributed by atoms with Crippen LogP contribution in [0.4, 0.5) is 11.4 Å². The number of nitrogens with one attached hydrogen (secondary N) is 2. The lowest BCUT2D eigenvalue weighted by Gasteiger charge is -2.19. The maximum absolute atomic E-state index is 11.7. The van der Waals surface area contributed by atoms with Crippen molar-refractivity contribution < 1.29 is 13.3 Å². The molecule has 1 atom stereocenters. The molecule has 0 aliphatic carbocycles.